The molecule has 0 unspecified atom stereocenters. The van der Waals surface area contributed by atoms with E-state index in [9.17, 15) is 27.6 Å². The number of hydrogen-bond acceptors (Lipinski definition) is 3. The van der Waals surface area contributed by atoms with Crippen LogP contribution < -0.4 is 16.0 Å². The van der Waals surface area contributed by atoms with Gasteiger partial charge in [-0.15, -0.1) is 0 Å². The van der Waals surface area contributed by atoms with E-state index in [1.54, 1.807) is 30.3 Å². The maximum Gasteiger partial charge on any atom is 0.255 e. The minimum atomic E-state index is -1.72. The van der Waals surface area contributed by atoms with Crippen molar-refractivity contribution in [3.8, 4) is 0 Å². The molecule has 0 aliphatic rings. The lowest BCUT2D eigenvalue weighted by Gasteiger charge is -2.12. The zero-order chi connectivity index (χ0) is 23.3. The average Bonchev–Trinajstić information content (AvgIpc) is 2.78. The Bertz CT molecular complexity index is 1200. The Morgan fingerprint density at radius 2 is 1.53 bits per heavy atom. The van der Waals surface area contributed by atoms with E-state index in [0.717, 1.165) is 11.6 Å². The summed E-state index contributed by atoms with van der Waals surface area (Å²) < 4.78 is 39.9. The van der Waals surface area contributed by atoms with Crippen molar-refractivity contribution in [3.05, 3.63) is 94.8 Å². The third-order valence-electron chi connectivity index (χ3n) is 4.42. The van der Waals surface area contributed by atoms with Crippen molar-refractivity contribution < 1.29 is 27.6 Å². The van der Waals surface area contributed by atoms with Gasteiger partial charge in [0.2, 0.25) is 5.91 Å². The van der Waals surface area contributed by atoms with E-state index in [4.69, 9.17) is 0 Å². The van der Waals surface area contributed by atoms with Crippen LogP contribution in [0.15, 0.2) is 60.7 Å². The number of amides is 3. The normalized spacial score (nSPS) is 10.4. The summed E-state index contributed by atoms with van der Waals surface area (Å²) >= 11 is 0. The van der Waals surface area contributed by atoms with E-state index in [2.05, 4.69) is 16.0 Å². The maximum absolute atomic E-state index is 13.7. The highest BCUT2D eigenvalue weighted by Crippen LogP contribution is 2.20. The van der Waals surface area contributed by atoms with Gasteiger partial charge in [-0.25, -0.2) is 13.2 Å². The van der Waals surface area contributed by atoms with E-state index in [-0.39, 0.29) is 11.3 Å². The maximum atomic E-state index is 13.7. The topological polar surface area (TPSA) is 87.3 Å². The van der Waals surface area contributed by atoms with Crippen LogP contribution in [0.3, 0.4) is 0 Å². The first kappa shape index (κ1) is 22.5. The number of carbonyl (C=O) groups excluding carboxylic acids is 3. The van der Waals surface area contributed by atoms with Gasteiger partial charge in [0.05, 0.1) is 23.5 Å². The molecule has 3 amide bonds. The van der Waals surface area contributed by atoms with Gasteiger partial charge in [0.25, 0.3) is 11.8 Å². The first-order valence-electron chi connectivity index (χ1n) is 9.45. The first-order chi connectivity index (χ1) is 15.3. The number of halogens is 3. The number of aryl methyl sites for hydroxylation is 1. The summed E-state index contributed by atoms with van der Waals surface area (Å²) in [6, 6.07) is 14.6. The van der Waals surface area contributed by atoms with Crippen LogP contribution in [0.4, 0.5) is 24.5 Å². The van der Waals surface area contributed by atoms with Crippen LogP contribution in [0.25, 0.3) is 0 Å². The highest BCUT2D eigenvalue weighted by molar-refractivity contribution is 6.09. The molecule has 164 valence electrons. The Morgan fingerprint density at radius 3 is 2.28 bits per heavy atom. The number of carbonyl (C=O) groups is 3. The monoisotopic (exact) mass is 441 g/mol. The molecule has 0 radical (unpaired) electrons. The highest BCUT2D eigenvalue weighted by Gasteiger charge is 2.17. The van der Waals surface area contributed by atoms with Crippen molar-refractivity contribution in [3.63, 3.8) is 0 Å². The number of rotatable bonds is 6. The van der Waals surface area contributed by atoms with Crippen LogP contribution in [0.2, 0.25) is 0 Å². The van der Waals surface area contributed by atoms with E-state index < -0.39 is 47.4 Å². The van der Waals surface area contributed by atoms with Crippen LogP contribution in [0.1, 0.15) is 26.3 Å². The van der Waals surface area contributed by atoms with Gasteiger partial charge < -0.3 is 16.0 Å². The molecule has 3 aromatic rings. The standard InChI is InChI=1S/C23H18F3N3O3/c1-13-5-4-6-14(11-13)22(31)29-17-8-3-2-7-15(17)23(32)27-12-19(30)28-18-10-9-16(24)20(25)21(18)26/h2-11H,12H2,1H3,(H,27,32)(H,28,30)(H,29,31). The second kappa shape index (κ2) is 9.78. The number of benzene rings is 3. The molecule has 0 spiro atoms. The smallest absolute Gasteiger partial charge is 0.255 e. The highest BCUT2D eigenvalue weighted by atomic mass is 19.2. The molecule has 0 saturated heterocycles. The molecule has 0 saturated carbocycles. The van der Waals surface area contributed by atoms with Gasteiger partial charge in [0, 0.05) is 5.56 Å². The molecule has 6 nitrogen and oxygen atoms in total. The molecular weight excluding hydrogens is 423 g/mol. The minimum absolute atomic E-state index is 0.0975. The third kappa shape index (κ3) is 5.31. The fourth-order valence-electron chi connectivity index (χ4n) is 2.84. The number of anilines is 2. The lowest BCUT2D eigenvalue weighted by Crippen LogP contribution is -2.33. The van der Waals surface area contributed by atoms with Gasteiger partial charge in [-0.1, -0.05) is 29.8 Å². The van der Waals surface area contributed by atoms with Crippen molar-refractivity contribution in [2.24, 2.45) is 0 Å². The minimum Gasteiger partial charge on any atom is -0.343 e. The quantitative estimate of drug-likeness (QED) is 0.505. The van der Waals surface area contributed by atoms with Crippen LogP contribution in [0.5, 0.6) is 0 Å². The second-order valence-corrected chi connectivity index (χ2v) is 6.82. The first-order valence-corrected chi connectivity index (χ1v) is 9.45. The Kier molecular flexibility index (Phi) is 6.89. The molecule has 3 N–H and O–H groups in total. The average molecular weight is 441 g/mol. The van der Waals surface area contributed by atoms with E-state index in [1.807, 2.05) is 13.0 Å². The summed E-state index contributed by atoms with van der Waals surface area (Å²) in [6.07, 6.45) is 0. The lowest BCUT2D eigenvalue weighted by atomic mass is 10.1. The van der Waals surface area contributed by atoms with Crippen molar-refractivity contribution in [1.82, 2.24) is 5.32 Å². The summed E-state index contributed by atoms with van der Waals surface area (Å²) in [6.45, 7) is 1.27. The lowest BCUT2D eigenvalue weighted by molar-refractivity contribution is -0.115. The summed E-state index contributed by atoms with van der Waals surface area (Å²) in [5, 5.41) is 7.04. The van der Waals surface area contributed by atoms with Crippen molar-refractivity contribution in [2.75, 3.05) is 17.2 Å². The third-order valence-corrected chi connectivity index (χ3v) is 4.42. The van der Waals surface area contributed by atoms with Crippen LogP contribution >= 0.6 is 0 Å². The predicted octanol–water partition coefficient (Wildman–Crippen LogP) is 4.03. The van der Waals surface area contributed by atoms with E-state index in [1.165, 1.54) is 12.1 Å². The second-order valence-electron chi connectivity index (χ2n) is 6.82. The van der Waals surface area contributed by atoms with Gasteiger partial charge in [-0.3, -0.25) is 14.4 Å². The van der Waals surface area contributed by atoms with Crippen molar-refractivity contribution in [1.29, 1.82) is 0 Å². The molecule has 0 aromatic heterocycles. The van der Waals surface area contributed by atoms with Crippen molar-refractivity contribution in [2.45, 2.75) is 6.92 Å². The summed E-state index contributed by atoms with van der Waals surface area (Å²) in [5.41, 5.74) is 1.07. The van der Waals surface area contributed by atoms with E-state index in [0.29, 0.717) is 11.6 Å². The van der Waals surface area contributed by atoms with Crippen LogP contribution in [-0.2, 0) is 4.79 Å². The summed E-state index contributed by atoms with van der Waals surface area (Å²) in [7, 11) is 0. The molecular formula is C23H18F3N3O3. The summed E-state index contributed by atoms with van der Waals surface area (Å²) in [5.74, 6) is -6.60. The predicted molar refractivity (Wildman–Crippen MR) is 113 cm³/mol. The van der Waals surface area contributed by atoms with Crippen molar-refractivity contribution >= 4 is 29.1 Å². The fourth-order valence-corrected chi connectivity index (χ4v) is 2.84. The van der Waals surface area contributed by atoms with Gasteiger partial charge >= 0.3 is 0 Å². The molecule has 0 heterocycles. The molecule has 9 heteroatoms. The Morgan fingerprint density at radius 1 is 0.781 bits per heavy atom. The Balaban J connectivity index is 1.65. The molecule has 32 heavy (non-hydrogen) atoms. The fraction of sp³-hybridized carbons (Fsp3) is 0.0870. The Hall–Kier alpha value is -4.14. The Labute approximate surface area is 181 Å². The van der Waals surface area contributed by atoms with Gasteiger partial charge in [-0.05, 0) is 43.3 Å². The molecule has 3 rings (SSSR count). The van der Waals surface area contributed by atoms with Gasteiger partial charge in [-0.2, -0.15) is 0 Å². The number of para-hydroxylation sites is 1. The molecule has 0 atom stereocenters. The van der Waals surface area contributed by atoms with E-state index >= 15 is 0 Å². The molecule has 0 aliphatic carbocycles. The number of hydrogen-bond donors (Lipinski definition) is 3. The number of nitrogens with one attached hydrogen (secondary N) is 3. The molecule has 0 fully saturated rings. The molecule has 0 bridgehead atoms. The van der Waals surface area contributed by atoms with Crippen LogP contribution in [-0.4, -0.2) is 24.3 Å². The molecule has 0 aliphatic heterocycles. The van der Waals surface area contributed by atoms with Gasteiger partial charge in [0.15, 0.2) is 17.5 Å². The summed E-state index contributed by atoms with van der Waals surface area (Å²) in [4.78, 5) is 37.0. The molecule has 3 aromatic carbocycles. The zero-order valence-electron chi connectivity index (χ0n) is 16.8. The zero-order valence-corrected chi connectivity index (χ0v) is 16.8. The largest absolute Gasteiger partial charge is 0.343 e. The van der Waals surface area contributed by atoms with Gasteiger partial charge in [0.1, 0.15) is 0 Å². The van der Waals surface area contributed by atoms with Crippen LogP contribution in [0, 0.1) is 24.4 Å². The SMILES string of the molecule is Cc1cccc(C(=O)Nc2ccccc2C(=O)NCC(=O)Nc2ccc(F)c(F)c2F)c1.